The highest BCUT2D eigenvalue weighted by Crippen LogP contribution is 2.27. The monoisotopic (exact) mass is 459 g/mol. The molecule has 1 N–H and O–H groups in total. The first-order valence-electron chi connectivity index (χ1n) is 10.6. The normalized spacial score (nSPS) is 11.3. The lowest BCUT2D eigenvalue weighted by atomic mass is 10.1. The van der Waals surface area contributed by atoms with Gasteiger partial charge in [-0.1, -0.05) is 43.0 Å². The lowest BCUT2D eigenvalue weighted by Gasteiger charge is -2.11. The van der Waals surface area contributed by atoms with Gasteiger partial charge in [0.2, 0.25) is 11.5 Å². The summed E-state index contributed by atoms with van der Waals surface area (Å²) in [5, 5.41) is 4.08. The summed E-state index contributed by atoms with van der Waals surface area (Å²) in [6.07, 6.45) is 2.49. The number of furan rings is 2. The second-order valence-corrected chi connectivity index (χ2v) is 8.47. The summed E-state index contributed by atoms with van der Waals surface area (Å²) in [7, 11) is 0. The van der Waals surface area contributed by atoms with Crippen LogP contribution in [0.1, 0.15) is 18.2 Å². The molecule has 7 nitrogen and oxygen atoms in total. The van der Waals surface area contributed by atoms with E-state index in [1.165, 1.54) is 21.9 Å². The molecule has 8 heteroatoms. The molecule has 0 spiro atoms. The van der Waals surface area contributed by atoms with E-state index in [9.17, 15) is 9.59 Å². The number of carbonyl (C=O) groups is 1. The van der Waals surface area contributed by atoms with Crippen molar-refractivity contribution in [1.29, 1.82) is 0 Å². The molecule has 2 aromatic carbocycles. The molecule has 0 bridgehead atoms. The van der Waals surface area contributed by atoms with Gasteiger partial charge in [0.05, 0.1) is 18.6 Å². The summed E-state index contributed by atoms with van der Waals surface area (Å²) in [5.74, 6) is 0.526. The number of thioether (sulfide) groups is 1. The second-order valence-electron chi connectivity index (χ2n) is 7.53. The second kappa shape index (κ2) is 8.99. The van der Waals surface area contributed by atoms with E-state index in [2.05, 4.69) is 12.2 Å². The van der Waals surface area contributed by atoms with Gasteiger partial charge >= 0.3 is 0 Å². The molecule has 0 aliphatic heterocycles. The molecule has 0 saturated carbocycles. The zero-order chi connectivity index (χ0) is 22.8. The zero-order valence-corrected chi connectivity index (χ0v) is 18.7. The fourth-order valence-electron chi connectivity index (χ4n) is 3.61. The number of nitrogens with zero attached hydrogens (tertiary/aromatic N) is 2. The molecular formula is C25H21N3O4S. The van der Waals surface area contributed by atoms with E-state index in [1.54, 1.807) is 24.5 Å². The number of carbonyl (C=O) groups excluding carboxylic acids is 1. The van der Waals surface area contributed by atoms with E-state index in [-0.39, 0.29) is 29.3 Å². The highest BCUT2D eigenvalue weighted by Gasteiger charge is 2.19. The molecule has 1 amide bonds. The van der Waals surface area contributed by atoms with Crippen molar-refractivity contribution in [2.45, 2.75) is 25.0 Å². The molecule has 3 aromatic heterocycles. The van der Waals surface area contributed by atoms with Crippen LogP contribution in [0.4, 0.5) is 5.69 Å². The van der Waals surface area contributed by atoms with Gasteiger partial charge in [-0.3, -0.25) is 14.2 Å². The molecule has 166 valence electrons. The average Bonchev–Trinajstić information content (AvgIpc) is 3.48. The minimum Gasteiger partial charge on any atom is -0.467 e. The molecule has 0 radical (unpaired) electrons. The zero-order valence-electron chi connectivity index (χ0n) is 17.9. The molecule has 5 rings (SSSR count). The van der Waals surface area contributed by atoms with Crippen molar-refractivity contribution in [3.63, 3.8) is 0 Å². The van der Waals surface area contributed by atoms with Crippen LogP contribution in [0, 0.1) is 0 Å². The van der Waals surface area contributed by atoms with Crippen molar-refractivity contribution >= 4 is 45.4 Å². The van der Waals surface area contributed by atoms with Gasteiger partial charge in [-0.25, -0.2) is 4.98 Å². The molecular weight excluding hydrogens is 438 g/mol. The lowest BCUT2D eigenvalue weighted by Crippen LogP contribution is -2.24. The van der Waals surface area contributed by atoms with Gasteiger partial charge in [-0.15, -0.1) is 0 Å². The van der Waals surface area contributed by atoms with Crippen LogP contribution in [0.3, 0.4) is 0 Å². The van der Waals surface area contributed by atoms with Crippen LogP contribution in [-0.4, -0.2) is 21.2 Å². The van der Waals surface area contributed by atoms with E-state index in [4.69, 9.17) is 13.8 Å². The van der Waals surface area contributed by atoms with Crippen LogP contribution in [0.2, 0.25) is 0 Å². The number of aromatic nitrogens is 2. The summed E-state index contributed by atoms with van der Waals surface area (Å²) in [5.41, 5.74) is 2.89. The van der Waals surface area contributed by atoms with Crippen LogP contribution in [0.25, 0.3) is 22.1 Å². The Morgan fingerprint density at radius 1 is 1.09 bits per heavy atom. The Hall–Kier alpha value is -3.78. The van der Waals surface area contributed by atoms with Crippen LogP contribution in [0.5, 0.6) is 0 Å². The first-order valence-corrected chi connectivity index (χ1v) is 11.6. The molecule has 33 heavy (non-hydrogen) atoms. The number of benzene rings is 2. The number of aryl methyl sites for hydroxylation is 1. The number of fused-ring (bicyclic) bond motifs is 3. The van der Waals surface area contributed by atoms with E-state index in [0.717, 1.165) is 17.5 Å². The Bertz CT molecular complexity index is 1480. The Morgan fingerprint density at radius 3 is 2.67 bits per heavy atom. The minimum absolute atomic E-state index is 0.0986. The first-order chi connectivity index (χ1) is 16.1. The molecule has 0 unspecified atom stereocenters. The molecule has 0 saturated heterocycles. The summed E-state index contributed by atoms with van der Waals surface area (Å²) in [6, 6.07) is 18.7. The Balaban J connectivity index is 1.46. The van der Waals surface area contributed by atoms with Crippen LogP contribution in [-0.2, 0) is 17.8 Å². The molecule has 3 heterocycles. The van der Waals surface area contributed by atoms with Crippen molar-refractivity contribution in [3.8, 4) is 0 Å². The Labute approximate surface area is 193 Å². The number of para-hydroxylation sites is 1. The molecule has 0 aliphatic carbocycles. The van der Waals surface area contributed by atoms with Crippen molar-refractivity contribution in [3.05, 3.63) is 88.6 Å². The third-order valence-electron chi connectivity index (χ3n) is 5.32. The first kappa shape index (κ1) is 21.1. The van der Waals surface area contributed by atoms with E-state index in [0.29, 0.717) is 22.0 Å². The standard InChI is InChI=1S/C25H21N3O4S/c1-2-16-9-11-17(12-10-16)26-21(29)15-33-25-27-22-19-7-3-4-8-20(19)32-23(22)24(30)28(25)14-18-6-5-13-31-18/h3-13H,2,14-15H2,1H3,(H,26,29). The van der Waals surface area contributed by atoms with Gasteiger partial charge in [0.15, 0.2) is 5.16 Å². The number of hydrogen-bond acceptors (Lipinski definition) is 6. The minimum atomic E-state index is -0.314. The summed E-state index contributed by atoms with van der Waals surface area (Å²) in [6.45, 7) is 2.27. The molecule has 0 atom stereocenters. The smallest absolute Gasteiger partial charge is 0.298 e. The SMILES string of the molecule is CCc1ccc(NC(=O)CSc2nc3c(oc4ccccc43)c(=O)n2Cc2ccco2)cc1. The molecule has 5 aromatic rings. The number of anilines is 1. The summed E-state index contributed by atoms with van der Waals surface area (Å²) in [4.78, 5) is 30.6. The molecule has 0 aliphatic rings. The maximum atomic E-state index is 13.3. The number of nitrogens with one attached hydrogen (secondary N) is 1. The highest BCUT2D eigenvalue weighted by molar-refractivity contribution is 7.99. The van der Waals surface area contributed by atoms with Crippen LogP contribution >= 0.6 is 11.8 Å². The maximum absolute atomic E-state index is 13.3. The fourth-order valence-corrected chi connectivity index (χ4v) is 4.40. The van der Waals surface area contributed by atoms with Gasteiger partial charge < -0.3 is 14.2 Å². The number of rotatable bonds is 7. The van der Waals surface area contributed by atoms with Crippen molar-refractivity contribution < 1.29 is 13.6 Å². The predicted octanol–water partition coefficient (Wildman–Crippen LogP) is 5.08. The summed E-state index contributed by atoms with van der Waals surface area (Å²) >= 11 is 1.20. The van der Waals surface area contributed by atoms with Crippen LogP contribution in [0.15, 0.2) is 85.7 Å². The van der Waals surface area contributed by atoms with Gasteiger partial charge in [0, 0.05) is 11.1 Å². The molecule has 0 fully saturated rings. The predicted molar refractivity (Wildman–Crippen MR) is 129 cm³/mol. The van der Waals surface area contributed by atoms with E-state index >= 15 is 0 Å². The van der Waals surface area contributed by atoms with E-state index < -0.39 is 0 Å². The van der Waals surface area contributed by atoms with E-state index in [1.807, 2.05) is 42.5 Å². The number of amides is 1. The third-order valence-corrected chi connectivity index (χ3v) is 6.30. The van der Waals surface area contributed by atoms with Gasteiger partial charge in [0.1, 0.15) is 16.9 Å². The maximum Gasteiger partial charge on any atom is 0.298 e. The lowest BCUT2D eigenvalue weighted by molar-refractivity contribution is -0.113. The average molecular weight is 460 g/mol. The fraction of sp³-hybridized carbons (Fsp3) is 0.160. The summed E-state index contributed by atoms with van der Waals surface area (Å²) < 4.78 is 12.7. The van der Waals surface area contributed by atoms with Gasteiger partial charge in [-0.2, -0.15) is 0 Å². The number of hydrogen-bond donors (Lipinski definition) is 1. The van der Waals surface area contributed by atoms with Gasteiger partial charge in [-0.05, 0) is 48.4 Å². The largest absolute Gasteiger partial charge is 0.467 e. The highest BCUT2D eigenvalue weighted by atomic mass is 32.2. The quantitative estimate of drug-likeness (QED) is 0.270. The Morgan fingerprint density at radius 2 is 1.91 bits per heavy atom. The van der Waals surface area contributed by atoms with Crippen molar-refractivity contribution in [2.24, 2.45) is 0 Å². The van der Waals surface area contributed by atoms with Crippen LogP contribution < -0.4 is 10.9 Å². The third kappa shape index (κ3) is 4.29. The topological polar surface area (TPSA) is 90.3 Å². The van der Waals surface area contributed by atoms with Crippen molar-refractivity contribution in [1.82, 2.24) is 9.55 Å². The van der Waals surface area contributed by atoms with Crippen molar-refractivity contribution in [2.75, 3.05) is 11.1 Å². The van der Waals surface area contributed by atoms with Gasteiger partial charge in [0.25, 0.3) is 5.56 Å². The Kier molecular flexibility index (Phi) is 5.75.